The molecule has 1 aliphatic carbocycles. The average Bonchev–Trinajstić information content (AvgIpc) is 2.35. The molecule has 3 N–H and O–H groups in total. The van der Waals surface area contributed by atoms with Gasteiger partial charge in [0.1, 0.15) is 0 Å². The molecule has 0 spiro atoms. The van der Waals surface area contributed by atoms with Crippen molar-refractivity contribution in [1.29, 1.82) is 0 Å². The summed E-state index contributed by atoms with van der Waals surface area (Å²) < 4.78 is 4.28. The van der Waals surface area contributed by atoms with E-state index in [1.165, 1.54) is 7.11 Å². The lowest BCUT2D eigenvalue weighted by atomic mass is 9.79. The molecule has 0 saturated heterocycles. The number of nitrogens with one attached hydrogen (secondary N) is 2. The van der Waals surface area contributed by atoms with Gasteiger partial charge < -0.3 is 9.84 Å². The third-order valence-electron chi connectivity index (χ3n) is 2.89. The van der Waals surface area contributed by atoms with E-state index < -0.39 is 29.8 Å². The van der Waals surface area contributed by atoms with Gasteiger partial charge in [0.15, 0.2) is 0 Å². The molecule has 0 aromatic rings. The molecule has 1 fully saturated rings. The van der Waals surface area contributed by atoms with Crippen molar-refractivity contribution in [3.8, 4) is 0 Å². The second-order valence-electron chi connectivity index (χ2n) is 3.94. The van der Waals surface area contributed by atoms with Crippen molar-refractivity contribution in [1.82, 2.24) is 10.9 Å². The Bertz CT molecular complexity index is 318. The average molecular weight is 244 g/mol. The van der Waals surface area contributed by atoms with E-state index in [-0.39, 0.29) is 0 Å². The first-order valence-electron chi connectivity index (χ1n) is 5.43. The predicted octanol–water partition coefficient (Wildman–Crippen LogP) is 0.265. The maximum Gasteiger partial charge on any atom is 0.425 e. The minimum absolute atomic E-state index is 0.484. The van der Waals surface area contributed by atoms with Gasteiger partial charge in [-0.1, -0.05) is 12.8 Å². The molecule has 2 amide bonds. The SMILES string of the molecule is COC(=O)NNC(=O)[C@@H]1CCCC[C@@H]1C(=O)O. The summed E-state index contributed by atoms with van der Waals surface area (Å²) in [6.45, 7) is 0. The number of hydrogen-bond acceptors (Lipinski definition) is 4. The number of rotatable bonds is 2. The Labute approximate surface area is 98.5 Å². The molecule has 0 unspecified atom stereocenters. The molecule has 7 heteroatoms. The number of amides is 2. The Morgan fingerprint density at radius 3 is 2.24 bits per heavy atom. The number of carbonyl (C=O) groups is 3. The molecule has 7 nitrogen and oxygen atoms in total. The number of methoxy groups -OCH3 is 1. The van der Waals surface area contributed by atoms with Gasteiger partial charge in [-0.05, 0) is 12.8 Å². The van der Waals surface area contributed by atoms with Gasteiger partial charge >= 0.3 is 12.1 Å². The zero-order valence-corrected chi connectivity index (χ0v) is 9.56. The van der Waals surface area contributed by atoms with E-state index in [0.717, 1.165) is 12.8 Å². The zero-order valence-electron chi connectivity index (χ0n) is 9.56. The maximum atomic E-state index is 11.7. The Morgan fingerprint density at radius 1 is 1.12 bits per heavy atom. The summed E-state index contributed by atoms with van der Waals surface area (Å²) in [6, 6.07) is 0. The van der Waals surface area contributed by atoms with Crippen molar-refractivity contribution in [3.63, 3.8) is 0 Å². The van der Waals surface area contributed by atoms with Gasteiger partial charge in [-0.15, -0.1) is 0 Å². The fourth-order valence-electron chi connectivity index (χ4n) is 2.00. The molecule has 0 radical (unpaired) electrons. The van der Waals surface area contributed by atoms with Gasteiger partial charge in [0.2, 0.25) is 5.91 Å². The minimum atomic E-state index is -0.970. The van der Waals surface area contributed by atoms with Crippen LogP contribution in [0.15, 0.2) is 0 Å². The van der Waals surface area contributed by atoms with Crippen molar-refractivity contribution in [3.05, 3.63) is 0 Å². The van der Waals surface area contributed by atoms with E-state index >= 15 is 0 Å². The Hall–Kier alpha value is -1.79. The van der Waals surface area contributed by atoms with Crippen LogP contribution in [0.1, 0.15) is 25.7 Å². The third-order valence-corrected chi connectivity index (χ3v) is 2.89. The summed E-state index contributed by atoms with van der Waals surface area (Å²) in [6.07, 6.45) is 1.85. The first kappa shape index (κ1) is 13.3. The highest BCUT2D eigenvalue weighted by Gasteiger charge is 2.35. The van der Waals surface area contributed by atoms with Crippen LogP contribution in [0.3, 0.4) is 0 Å². The highest BCUT2D eigenvalue weighted by Crippen LogP contribution is 2.30. The third kappa shape index (κ3) is 3.61. The fourth-order valence-corrected chi connectivity index (χ4v) is 2.00. The fraction of sp³-hybridized carbons (Fsp3) is 0.700. The summed E-state index contributed by atoms with van der Waals surface area (Å²) >= 11 is 0. The van der Waals surface area contributed by atoms with E-state index in [9.17, 15) is 14.4 Å². The lowest BCUT2D eigenvalue weighted by Gasteiger charge is -2.27. The number of carboxylic acids is 1. The van der Waals surface area contributed by atoms with Crippen molar-refractivity contribution in [2.24, 2.45) is 11.8 Å². The molecule has 17 heavy (non-hydrogen) atoms. The van der Waals surface area contributed by atoms with Crippen LogP contribution >= 0.6 is 0 Å². The molecule has 0 aromatic heterocycles. The van der Waals surface area contributed by atoms with Crippen LogP contribution < -0.4 is 10.9 Å². The predicted molar refractivity (Wildman–Crippen MR) is 56.8 cm³/mol. The molecule has 0 aliphatic heterocycles. The standard InChI is InChI=1S/C10H16N2O5/c1-17-10(16)12-11-8(13)6-4-2-3-5-7(6)9(14)15/h6-7H,2-5H2,1H3,(H,11,13)(H,12,16)(H,14,15)/t6-,7+/m1/s1. The lowest BCUT2D eigenvalue weighted by molar-refractivity contribution is -0.149. The van der Waals surface area contributed by atoms with Crippen LogP contribution in [0.5, 0.6) is 0 Å². The number of carbonyl (C=O) groups excluding carboxylic acids is 2. The number of hydrazine groups is 1. The van der Waals surface area contributed by atoms with E-state index in [1.54, 1.807) is 0 Å². The molecule has 96 valence electrons. The minimum Gasteiger partial charge on any atom is -0.481 e. The molecule has 1 saturated carbocycles. The quantitative estimate of drug-likeness (QED) is 0.604. The van der Waals surface area contributed by atoms with E-state index in [4.69, 9.17) is 5.11 Å². The smallest absolute Gasteiger partial charge is 0.425 e. The molecule has 1 aliphatic rings. The van der Waals surface area contributed by atoms with Crippen LogP contribution in [0.4, 0.5) is 4.79 Å². The second kappa shape index (κ2) is 6.07. The van der Waals surface area contributed by atoms with Gasteiger partial charge in [0.05, 0.1) is 18.9 Å². The number of aliphatic carboxylic acids is 1. The van der Waals surface area contributed by atoms with E-state index in [0.29, 0.717) is 12.8 Å². The number of hydrogen-bond donors (Lipinski definition) is 3. The van der Waals surface area contributed by atoms with Crippen LogP contribution in [0.2, 0.25) is 0 Å². The largest absolute Gasteiger partial charge is 0.481 e. The summed E-state index contributed by atoms with van der Waals surface area (Å²) in [5.41, 5.74) is 4.20. The van der Waals surface area contributed by atoms with Gasteiger partial charge in [-0.2, -0.15) is 0 Å². The first-order valence-corrected chi connectivity index (χ1v) is 5.43. The monoisotopic (exact) mass is 244 g/mol. The second-order valence-corrected chi connectivity index (χ2v) is 3.94. The molecule has 1 rings (SSSR count). The van der Waals surface area contributed by atoms with Crippen molar-refractivity contribution in [2.45, 2.75) is 25.7 Å². The zero-order chi connectivity index (χ0) is 12.8. The van der Waals surface area contributed by atoms with Crippen LogP contribution in [0, 0.1) is 11.8 Å². The van der Waals surface area contributed by atoms with Crippen molar-refractivity contribution in [2.75, 3.05) is 7.11 Å². The van der Waals surface area contributed by atoms with Crippen LogP contribution in [0.25, 0.3) is 0 Å². The van der Waals surface area contributed by atoms with E-state index in [2.05, 4.69) is 10.2 Å². The Balaban J connectivity index is 2.53. The highest BCUT2D eigenvalue weighted by molar-refractivity contribution is 5.86. The Morgan fingerprint density at radius 2 is 1.71 bits per heavy atom. The molecular weight excluding hydrogens is 228 g/mol. The van der Waals surface area contributed by atoms with Crippen LogP contribution in [-0.4, -0.2) is 30.2 Å². The summed E-state index contributed by atoms with van der Waals surface area (Å²) in [7, 11) is 1.17. The molecule has 0 bridgehead atoms. The summed E-state index contributed by atoms with van der Waals surface area (Å²) in [5, 5.41) is 8.99. The maximum absolute atomic E-state index is 11.7. The van der Waals surface area contributed by atoms with E-state index in [1.807, 2.05) is 5.43 Å². The Kier molecular flexibility index (Phi) is 4.74. The topological polar surface area (TPSA) is 105 Å². The lowest BCUT2D eigenvalue weighted by Crippen LogP contribution is -2.47. The molecule has 0 heterocycles. The van der Waals surface area contributed by atoms with Crippen molar-refractivity contribution >= 4 is 18.0 Å². The summed E-state index contributed by atoms with van der Waals surface area (Å²) in [4.78, 5) is 33.4. The van der Waals surface area contributed by atoms with Gasteiger partial charge in [-0.3, -0.25) is 15.0 Å². The molecular formula is C10H16N2O5. The molecule has 2 atom stereocenters. The highest BCUT2D eigenvalue weighted by atomic mass is 16.5. The molecule has 0 aromatic carbocycles. The summed E-state index contributed by atoms with van der Waals surface area (Å²) in [5.74, 6) is -2.73. The number of ether oxygens (including phenoxy) is 1. The van der Waals surface area contributed by atoms with Gasteiger partial charge in [0.25, 0.3) is 0 Å². The van der Waals surface area contributed by atoms with Crippen LogP contribution in [-0.2, 0) is 14.3 Å². The van der Waals surface area contributed by atoms with Gasteiger partial charge in [0, 0.05) is 0 Å². The number of carboxylic acid groups (broad SMARTS) is 1. The normalized spacial score (nSPS) is 23.6. The van der Waals surface area contributed by atoms with Crippen molar-refractivity contribution < 1.29 is 24.2 Å². The van der Waals surface area contributed by atoms with Gasteiger partial charge in [-0.25, -0.2) is 10.2 Å². The first-order chi connectivity index (χ1) is 8.06.